The molecule has 0 amide bonds. The van der Waals surface area contributed by atoms with Gasteiger partial charge >= 0.3 is 0 Å². The number of nitrogens with one attached hydrogen (secondary N) is 1. The van der Waals surface area contributed by atoms with E-state index in [0.717, 1.165) is 17.2 Å². The summed E-state index contributed by atoms with van der Waals surface area (Å²) in [5, 5.41) is 7.03. The van der Waals surface area contributed by atoms with Crippen LogP contribution in [0.25, 0.3) is 0 Å². The highest BCUT2D eigenvalue weighted by Crippen LogP contribution is 2.32. The zero-order valence-corrected chi connectivity index (χ0v) is 13.5. The number of benzene rings is 1. The van der Waals surface area contributed by atoms with Crippen LogP contribution in [0.5, 0.6) is 5.75 Å². The average Bonchev–Trinajstić information content (AvgIpc) is 2.83. The Morgan fingerprint density at radius 1 is 1.24 bits per heavy atom. The smallest absolute Gasteiger partial charge is 0.174 e. The van der Waals surface area contributed by atoms with Crippen LogP contribution in [0.3, 0.4) is 0 Å². The maximum atomic E-state index is 5.97. The molecular weight excluding hydrogens is 264 g/mol. The fraction of sp³-hybridized carbons (Fsp3) is 0.471. The van der Waals surface area contributed by atoms with Crippen molar-refractivity contribution in [2.45, 2.75) is 46.3 Å². The topological polar surface area (TPSA) is 47.3 Å². The molecule has 0 spiro atoms. The first-order valence-electron chi connectivity index (χ1n) is 7.23. The van der Waals surface area contributed by atoms with Crippen LogP contribution in [0.15, 0.2) is 28.8 Å². The van der Waals surface area contributed by atoms with Crippen molar-refractivity contribution in [1.29, 1.82) is 0 Å². The van der Waals surface area contributed by atoms with Crippen LogP contribution in [0.4, 0.5) is 0 Å². The molecule has 1 heterocycles. The minimum Gasteiger partial charge on any atom is -0.485 e. The van der Waals surface area contributed by atoms with Crippen LogP contribution in [0, 0.1) is 6.92 Å². The van der Waals surface area contributed by atoms with E-state index >= 15 is 0 Å². The normalized spacial score (nSPS) is 11.7. The molecule has 1 N–H and O–H groups in total. The summed E-state index contributed by atoms with van der Waals surface area (Å²) in [7, 11) is 1.88. The molecule has 114 valence electrons. The lowest BCUT2D eigenvalue weighted by Gasteiger charge is -2.23. The Hall–Kier alpha value is -1.81. The van der Waals surface area contributed by atoms with Crippen molar-refractivity contribution in [2.75, 3.05) is 7.05 Å². The summed E-state index contributed by atoms with van der Waals surface area (Å²) >= 11 is 0. The summed E-state index contributed by atoms with van der Waals surface area (Å²) in [6, 6.07) is 8.25. The minimum atomic E-state index is 0.0434. The van der Waals surface area contributed by atoms with Crippen molar-refractivity contribution < 1.29 is 9.26 Å². The van der Waals surface area contributed by atoms with E-state index < -0.39 is 0 Å². The van der Waals surface area contributed by atoms with Gasteiger partial charge in [0.05, 0.1) is 5.69 Å². The van der Waals surface area contributed by atoms with Crippen LogP contribution in [-0.2, 0) is 18.6 Å². The number of ether oxygens (including phenoxy) is 1. The largest absolute Gasteiger partial charge is 0.485 e. The summed E-state index contributed by atoms with van der Waals surface area (Å²) in [6.45, 7) is 9.71. The molecule has 0 radical (unpaired) electrons. The molecule has 0 bridgehead atoms. The van der Waals surface area contributed by atoms with Gasteiger partial charge in [-0.1, -0.05) is 38.1 Å². The summed E-state index contributed by atoms with van der Waals surface area (Å²) in [5.74, 6) is 1.65. The highest BCUT2D eigenvalue weighted by molar-refractivity contribution is 5.41. The van der Waals surface area contributed by atoms with Crippen LogP contribution < -0.4 is 10.1 Å². The second kappa shape index (κ2) is 6.31. The fourth-order valence-electron chi connectivity index (χ4n) is 2.21. The van der Waals surface area contributed by atoms with Crippen molar-refractivity contribution in [3.8, 4) is 5.75 Å². The number of hydrogen-bond donors (Lipinski definition) is 1. The molecule has 0 unspecified atom stereocenters. The van der Waals surface area contributed by atoms with Gasteiger partial charge in [0.25, 0.3) is 0 Å². The van der Waals surface area contributed by atoms with Crippen molar-refractivity contribution in [2.24, 2.45) is 0 Å². The average molecular weight is 288 g/mol. The quantitative estimate of drug-likeness (QED) is 0.913. The van der Waals surface area contributed by atoms with E-state index in [2.05, 4.69) is 56.4 Å². The third-order valence-electron chi connectivity index (χ3n) is 3.28. The molecule has 1 aromatic heterocycles. The van der Waals surface area contributed by atoms with Crippen molar-refractivity contribution in [3.63, 3.8) is 0 Å². The zero-order chi connectivity index (χ0) is 15.5. The zero-order valence-electron chi connectivity index (χ0n) is 13.5. The molecular formula is C17H24N2O2. The van der Waals surface area contributed by atoms with Gasteiger partial charge in [0.1, 0.15) is 12.4 Å². The van der Waals surface area contributed by atoms with Crippen molar-refractivity contribution in [1.82, 2.24) is 10.5 Å². The van der Waals surface area contributed by atoms with E-state index in [9.17, 15) is 0 Å². The standard InChI is InChI=1S/C17H24N2O2/c1-12-6-7-15(17(2,3)4)16(8-12)20-11-14-9-13(10-18-5)19-21-14/h6-9,18H,10-11H2,1-5H3. The molecule has 4 heteroatoms. The maximum Gasteiger partial charge on any atom is 0.174 e. The summed E-state index contributed by atoms with van der Waals surface area (Å²) in [5.41, 5.74) is 3.31. The van der Waals surface area contributed by atoms with E-state index in [1.807, 2.05) is 13.1 Å². The number of aryl methyl sites for hydroxylation is 1. The van der Waals surface area contributed by atoms with E-state index in [1.54, 1.807) is 0 Å². The first-order valence-corrected chi connectivity index (χ1v) is 7.23. The Labute approximate surface area is 126 Å². The molecule has 0 fully saturated rings. The second-order valence-electron chi connectivity index (χ2n) is 6.35. The van der Waals surface area contributed by atoms with Gasteiger partial charge in [0, 0.05) is 12.6 Å². The molecule has 1 aromatic carbocycles. The summed E-state index contributed by atoms with van der Waals surface area (Å²) in [6.07, 6.45) is 0. The SMILES string of the molecule is CNCc1cc(COc2cc(C)ccc2C(C)(C)C)on1. The van der Waals surface area contributed by atoms with Gasteiger partial charge in [-0.15, -0.1) is 0 Å². The Morgan fingerprint density at radius 2 is 2.00 bits per heavy atom. The Balaban J connectivity index is 2.13. The summed E-state index contributed by atoms with van der Waals surface area (Å²) in [4.78, 5) is 0. The Kier molecular flexibility index (Phi) is 4.68. The van der Waals surface area contributed by atoms with E-state index in [4.69, 9.17) is 9.26 Å². The molecule has 0 saturated carbocycles. The van der Waals surface area contributed by atoms with Gasteiger partial charge in [0.15, 0.2) is 5.76 Å². The van der Waals surface area contributed by atoms with Gasteiger partial charge in [0.2, 0.25) is 0 Å². The predicted molar refractivity (Wildman–Crippen MR) is 83.5 cm³/mol. The molecule has 2 rings (SSSR count). The fourth-order valence-corrected chi connectivity index (χ4v) is 2.21. The number of hydrogen-bond acceptors (Lipinski definition) is 4. The molecule has 0 saturated heterocycles. The van der Waals surface area contributed by atoms with Gasteiger partial charge in [-0.25, -0.2) is 0 Å². The highest BCUT2D eigenvalue weighted by atomic mass is 16.5. The monoisotopic (exact) mass is 288 g/mol. The Morgan fingerprint density at radius 3 is 2.67 bits per heavy atom. The lowest BCUT2D eigenvalue weighted by molar-refractivity contribution is 0.243. The van der Waals surface area contributed by atoms with Gasteiger partial charge < -0.3 is 14.6 Å². The van der Waals surface area contributed by atoms with Crippen LogP contribution in [0.2, 0.25) is 0 Å². The molecule has 0 aliphatic carbocycles. The molecule has 21 heavy (non-hydrogen) atoms. The number of rotatable bonds is 5. The van der Waals surface area contributed by atoms with Crippen molar-refractivity contribution >= 4 is 0 Å². The highest BCUT2D eigenvalue weighted by Gasteiger charge is 2.19. The van der Waals surface area contributed by atoms with E-state index in [-0.39, 0.29) is 5.41 Å². The maximum absolute atomic E-state index is 5.97. The van der Waals surface area contributed by atoms with Crippen LogP contribution in [-0.4, -0.2) is 12.2 Å². The minimum absolute atomic E-state index is 0.0434. The Bertz CT molecular complexity index is 597. The predicted octanol–water partition coefficient (Wildman–Crippen LogP) is 3.58. The number of aromatic nitrogens is 1. The lowest BCUT2D eigenvalue weighted by atomic mass is 9.86. The first kappa shape index (κ1) is 15.6. The van der Waals surface area contributed by atoms with E-state index in [1.165, 1.54) is 11.1 Å². The molecule has 0 aliphatic rings. The van der Waals surface area contributed by atoms with Crippen molar-refractivity contribution in [3.05, 3.63) is 46.8 Å². The number of nitrogens with zero attached hydrogens (tertiary/aromatic N) is 1. The van der Waals surface area contributed by atoms with Gasteiger partial charge in [-0.05, 0) is 36.6 Å². The van der Waals surface area contributed by atoms with E-state index in [0.29, 0.717) is 13.2 Å². The lowest BCUT2D eigenvalue weighted by Crippen LogP contribution is -2.13. The molecule has 0 aliphatic heterocycles. The summed E-state index contributed by atoms with van der Waals surface area (Å²) < 4.78 is 11.2. The van der Waals surface area contributed by atoms with Crippen LogP contribution in [0.1, 0.15) is 43.4 Å². The molecule has 4 nitrogen and oxygen atoms in total. The van der Waals surface area contributed by atoms with Gasteiger partial charge in [-0.3, -0.25) is 0 Å². The third-order valence-corrected chi connectivity index (χ3v) is 3.28. The molecule has 2 aromatic rings. The first-order chi connectivity index (χ1) is 9.90. The molecule has 0 atom stereocenters. The van der Waals surface area contributed by atoms with Gasteiger partial charge in [-0.2, -0.15) is 0 Å². The second-order valence-corrected chi connectivity index (χ2v) is 6.35. The van der Waals surface area contributed by atoms with Crippen LogP contribution >= 0.6 is 0 Å². The third kappa shape index (κ3) is 4.08.